The fourth-order valence-corrected chi connectivity index (χ4v) is 1.03. The molecule has 1 heterocycles. The Balaban J connectivity index is 0. The number of hydrogen-bond donors (Lipinski definition) is 0. The van der Waals surface area contributed by atoms with Crippen molar-refractivity contribution < 1.29 is 4.79 Å². The molecule has 0 aromatic carbocycles. The number of nitrogens with zero attached hydrogens (tertiary/aromatic N) is 1. The quantitative estimate of drug-likeness (QED) is 0.619. The SMILES string of the molecule is CC.CC(=O)N1CCCC1.I. The first kappa shape index (κ1) is 13.8. The van der Waals surface area contributed by atoms with Crippen molar-refractivity contribution in [1.82, 2.24) is 4.90 Å². The highest BCUT2D eigenvalue weighted by Crippen LogP contribution is 2.05. The van der Waals surface area contributed by atoms with Gasteiger partial charge in [0, 0.05) is 20.0 Å². The van der Waals surface area contributed by atoms with Crippen LogP contribution < -0.4 is 0 Å². The second-order valence-corrected chi connectivity index (χ2v) is 2.21. The van der Waals surface area contributed by atoms with Crippen molar-refractivity contribution in [3.05, 3.63) is 0 Å². The average molecular weight is 271 g/mol. The first-order valence-electron chi connectivity index (χ1n) is 4.06. The van der Waals surface area contributed by atoms with Crippen molar-refractivity contribution in [2.75, 3.05) is 13.1 Å². The summed E-state index contributed by atoms with van der Waals surface area (Å²) < 4.78 is 0. The molecule has 68 valence electrons. The molecule has 0 radical (unpaired) electrons. The van der Waals surface area contributed by atoms with Crippen LogP contribution in [0.4, 0.5) is 0 Å². The van der Waals surface area contributed by atoms with Crippen molar-refractivity contribution in [3.8, 4) is 0 Å². The first-order valence-corrected chi connectivity index (χ1v) is 4.06. The van der Waals surface area contributed by atoms with Crippen LogP contribution in [0.15, 0.2) is 0 Å². The molecule has 0 aromatic rings. The molecule has 1 aliphatic rings. The Morgan fingerprint density at radius 3 is 1.73 bits per heavy atom. The Morgan fingerprint density at radius 2 is 1.55 bits per heavy atom. The van der Waals surface area contributed by atoms with Crippen LogP contribution >= 0.6 is 24.0 Å². The van der Waals surface area contributed by atoms with Gasteiger partial charge in [0.1, 0.15) is 0 Å². The Morgan fingerprint density at radius 1 is 1.18 bits per heavy atom. The summed E-state index contributed by atoms with van der Waals surface area (Å²) in [7, 11) is 0. The Bertz CT molecular complexity index is 100. The summed E-state index contributed by atoms with van der Waals surface area (Å²) in [5, 5.41) is 0. The van der Waals surface area contributed by atoms with Gasteiger partial charge in [0.05, 0.1) is 0 Å². The number of rotatable bonds is 0. The van der Waals surface area contributed by atoms with Gasteiger partial charge in [0.15, 0.2) is 0 Å². The summed E-state index contributed by atoms with van der Waals surface area (Å²) in [4.78, 5) is 12.5. The van der Waals surface area contributed by atoms with E-state index in [2.05, 4.69) is 0 Å². The lowest BCUT2D eigenvalue weighted by Gasteiger charge is -2.10. The van der Waals surface area contributed by atoms with E-state index < -0.39 is 0 Å². The third kappa shape index (κ3) is 5.47. The Hall–Kier alpha value is 0.200. The summed E-state index contributed by atoms with van der Waals surface area (Å²) >= 11 is 0. The molecule has 1 fully saturated rings. The molecule has 1 aliphatic heterocycles. The van der Waals surface area contributed by atoms with E-state index in [9.17, 15) is 4.79 Å². The van der Waals surface area contributed by atoms with Gasteiger partial charge in [-0.05, 0) is 12.8 Å². The third-order valence-corrected chi connectivity index (χ3v) is 1.55. The molecule has 0 aromatic heterocycles. The summed E-state index contributed by atoms with van der Waals surface area (Å²) in [6.45, 7) is 7.59. The van der Waals surface area contributed by atoms with Crippen molar-refractivity contribution in [3.63, 3.8) is 0 Å². The second kappa shape index (κ2) is 8.30. The van der Waals surface area contributed by atoms with E-state index in [-0.39, 0.29) is 29.9 Å². The van der Waals surface area contributed by atoms with Gasteiger partial charge in [-0.15, -0.1) is 24.0 Å². The van der Waals surface area contributed by atoms with Gasteiger partial charge >= 0.3 is 0 Å². The largest absolute Gasteiger partial charge is 0.343 e. The smallest absolute Gasteiger partial charge is 0.219 e. The topological polar surface area (TPSA) is 20.3 Å². The van der Waals surface area contributed by atoms with Crippen LogP contribution in [0.3, 0.4) is 0 Å². The molecule has 0 bridgehead atoms. The molecule has 0 spiro atoms. The minimum absolute atomic E-state index is 0. The summed E-state index contributed by atoms with van der Waals surface area (Å²) in [6, 6.07) is 0. The first-order chi connectivity index (χ1) is 4.80. The summed E-state index contributed by atoms with van der Waals surface area (Å²) in [5.41, 5.74) is 0. The van der Waals surface area contributed by atoms with E-state index >= 15 is 0 Å². The standard InChI is InChI=1S/C6H11NO.C2H6.HI/c1-6(8)7-4-2-3-5-7;1-2;/h2-5H2,1H3;1-2H3;1H. The fourth-order valence-electron chi connectivity index (χ4n) is 1.03. The fraction of sp³-hybridized carbons (Fsp3) is 0.875. The zero-order valence-electron chi connectivity index (χ0n) is 7.59. The van der Waals surface area contributed by atoms with E-state index in [0.29, 0.717) is 0 Å². The van der Waals surface area contributed by atoms with Gasteiger partial charge < -0.3 is 4.90 Å². The van der Waals surface area contributed by atoms with Gasteiger partial charge in [0.25, 0.3) is 0 Å². The van der Waals surface area contributed by atoms with Crippen LogP contribution in [-0.2, 0) is 4.79 Å². The zero-order valence-corrected chi connectivity index (χ0v) is 9.92. The number of hydrogen-bond acceptors (Lipinski definition) is 1. The highest BCUT2D eigenvalue weighted by atomic mass is 127. The molecule has 1 saturated heterocycles. The highest BCUT2D eigenvalue weighted by Gasteiger charge is 2.12. The average Bonchev–Trinajstić information content (AvgIpc) is 2.42. The monoisotopic (exact) mass is 271 g/mol. The summed E-state index contributed by atoms with van der Waals surface area (Å²) in [6.07, 6.45) is 2.39. The van der Waals surface area contributed by atoms with E-state index in [0.717, 1.165) is 13.1 Å². The van der Waals surface area contributed by atoms with Crippen molar-refractivity contribution in [2.24, 2.45) is 0 Å². The molecule has 0 atom stereocenters. The van der Waals surface area contributed by atoms with E-state index in [1.54, 1.807) is 6.92 Å². The molecular weight excluding hydrogens is 253 g/mol. The van der Waals surface area contributed by atoms with E-state index in [4.69, 9.17) is 0 Å². The molecular formula is C8H18INO. The van der Waals surface area contributed by atoms with Crippen LogP contribution in [0.25, 0.3) is 0 Å². The van der Waals surface area contributed by atoms with Gasteiger partial charge in [-0.3, -0.25) is 4.79 Å². The van der Waals surface area contributed by atoms with Crippen LogP contribution in [-0.4, -0.2) is 23.9 Å². The number of carbonyl (C=O) groups is 1. The molecule has 0 aliphatic carbocycles. The van der Waals surface area contributed by atoms with E-state index in [1.807, 2.05) is 18.7 Å². The predicted molar refractivity (Wildman–Crippen MR) is 58.3 cm³/mol. The maximum Gasteiger partial charge on any atom is 0.219 e. The van der Waals surface area contributed by atoms with Crippen molar-refractivity contribution in [2.45, 2.75) is 33.6 Å². The molecule has 1 rings (SSSR count). The van der Waals surface area contributed by atoms with Gasteiger partial charge in [-0.25, -0.2) is 0 Å². The van der Waals surface area contributed by atoms with Crippen molar-refractivity contribution in [1.29, 1.82) is 0 Å². The third-order valence-electron chi connectivity index (χ3n) is 1.55. The molecule has 3 heteroatoms. The lowest BCUT2D eigenvalue weighted by Crippen LogP contribution is -2.24. The van der Waals surface area contributed by atoms with Gasteiger partial charge in [-0.2, -0.15) is 0 Å². The molecule has 11 heavy (non-hydrogen) atoms. The molecule has 1 amide bonds. The van der Waals surface area contributed by atoms with E-state index in [1.165, 1.54) is 12.8 Å². The van der Waals surface area contributed by atoms with Crippen LogP contribution in [0.5, 0.6) is 0 Å². The van der Waals surface area contributed by atoms with Gasteiger partial charge in [-0.1, -0.05) is 13.8 Å². The molecule has 0 N–H and O–H groups in total. The maximum absolute atomic E-state index is 10.6. The molecule has 2 nitrogen and oxygen atoms in total. The zero-order chi connectivity index (χ0) is 7.98. The van der Waals surface area contributed by atoms with Gasteiger partial charge in [0.2, 0.25) is 5.91 Å². The Labute approximate surface area is 86.4 Å². The Kier molecular flexibility index (Phi) is 10.4. The number of halogens is 1. The van der Waals surface area contributed by atoms with Crippen LogP contribution in [0.2, 0.25) is 0 Å². The minimum atomic E-state index is 0. The van der Waals surface area contributed by atoms with Crippen molar-refractivity contribution >= 4 is 29.9 Å². The summed E-state index contributed by atoms with van der Waals surface area (Å²) in [5.74, 6) is 0.225. The van der Waals surface area contributed by atoms with Crippen LogP contribution in [0, 0.1) is 0 Å². The predicted octanol–water partition coefficient (Wildman–Crippen LogP) is 2.27. The minimum Gasteiger partial charge on any atom is -0.343 e. The molecule has 0 saturated carbocycles. The lowest BCUT2D eigenvalue weighted by molar-refractivity contribution is -0.127. The molecule has 0 unspecified atom stereocenters. The maximum atomic E-state index is 10.6. The lowest BCUT2D eigenvalue weighted by atomic mass is 10.4. The number of amides is 1. The highest BCUT2D eigenvalue weighted by molar-refractivity contribution is 14.0. The number of carbonyl (C=O) groups excluding carboxylic acids is 1. The number of likely N-dealkylation sites (tertiary alicyclic amines) is 1. The van der Waals surface area contributed by atoms with Crippen LogP contribution in [0.1, 0.15) is 33.6 Å². The second-order valence-electron chi connectivity index (χ2n) is 2.21. The normalized spacial score (nSPS) is 14.6.